The summed E-state index contributed by atoms with van der Waals surface area (Å²) in [5.41, 5.74) is 1.11. The lowest BCUT2D eigenvalue weighted by atomic mass is 10.0. The number of ether oxygens (including phenoxy) is 2. The fraction of sp³-hybridized carbons (Fsp3) is 0.684. The summed E-state index contributed by atoms with van der Waals surface area (Å²) >= 11 is 0. The van der Waals surface area contributed by atoms with Crippen LogP contribution in [0.5, 0.6) is 5.75 Å². The van der Waals surface area contributed by atoms with E-state index in [0.29, 0.717) is 12.1 Å². The number of likely N-dealkylation sites (tertiary alicyclic amines) is 1. The molecule has 5 heteroatoms. The van der Waals surface area contributed by atoms with Crippen LogP contribution in [0.15, 0.2) is 24.3 Å². The second kappa shape index (κ2) is 8.70. The first-order valence-electron chi connectivity index (χ1n) is 9.20. The summed E-state index contributed by atoms with van der Waals surface area (Å²) in [6.45, 7) is 9.79. The lowest BCUT2D eigenvalue weighted by molar-refractivity contribution is 0.0221. The molecule has 1 N–H and O–H groups in total. The molecule has 2 fully saturated rings. The van der Waals surface area contributed by atoms with E-state index in [4.69, 9.17) is 9.47 Å². The van der Waals surface area contributed by atoms with E-state index in [9.17, 15) is 0 Å². The third-order valence-electron chi connectivity index (χ3n) is 5.25. The van der Waals surface area contributed by atoms with Gasteiger partial charge in [-0.05, 0) is 31.9 Å². The Morgan fingerprint density at radius 1 is 1.17 bits per heavy atom. The van der Waals surface area contributed by atoms with Crippen LogP contribution in [-0.4, -0.2) is 74.9 Å². The van der Waals surface area contributed by atoms with Crippen LogP contribution < -0.4 is 10.1 Å². The fourth-order valence-electron chi connectivity index (χ4n) is 3.74. The van der Waals surface area contributed by atoms with Crippen molar-refractivity contribution in [2.45, 2.75) is 31.8 Å². The Kier molecular flexibility index (Phi) is 6.35. The molecule has 0 aromatic heterocycles. The molecular weight excluding hydrogens is 302 g/mol. The van der Waals surface area contributed by atoms with Gasteiger partial charge < -0.3 is 14.8 Å². The Morgan fingerprint density at radius 2 is 1.88 bits per heavy atom. The summed E-state index contributed by atoms with van der Waals surface area (Å²) in [6.07, 6.45) is 2.37. The van der Waals surface area contributed by atoms with E-state index in [1.807, 2.05) is 12.1 Å². The topological polar surface area (TPSA) is 37.0 Å². The van der Waals surface area contributed by atoms with Crippen LogP contribution in [0, 0.1) is 0 Å². The zero-order chi connectivity index (χ0) is 16.8. The highest BCUT2D eigenvalue weighted by molar-refractivity contribution is 5.56. The van der Waals surface area contributed by atoms with E-state index >= 15 is 0 Å². The van der Waals surface area contributed by atoms with Crippen molar-refractivity contribution in [1.29, 1.82) is 0 Å². The molecule has 24 heavy (non-hydrogen) atoms. The minimum Gasteiger partial charge on any atom is -0.495 e. The first kappa shape index (κ1) is 17.5. The van der Waals surface area contributed by atoms with Crippen LogP contribution in [0.25, 0.3) is 0 Å². The van der Waals surface area contributed by atoms with E-state index in [1.165, 1.54) is 25.9 Å². The zero-order valence-corrected chi connectivity index (χ0v) is 15.0. The van der Waals surface area contributed by atoms with E-state index in [-0.39, 0.29) is 0 Å². The third kappa shape index (κ3) is 4.62. The molecule has 0 unspecified atom stereocenters. The van der Waals surface area contributed by atoms with Crippen molar-refractivity contribution < 1.29 is 9.47 Å². The predicted octanol–water partition coefficient (Wildman–Crippen LogP) is 2.29. The van der Waals surface area contributed by atoms with E-state index in [1.54, 1.807) is 7.11 Å². The summed E-state index contributed by atoms with van der Waals surface area (Å²) < 4.78 is 10.9. The van der Waals surface area contributed by atoms with E-state index < -0.39 is 0 Å². The van der Waals surface area contributed by atoms with Crippen molar-refractivity contribution in [2.24, 2.45) is 0 Å². The van der Waals surface area contributed by atoms with E-state index in [0.717, 1.165) is 44.3 Å². The SMILES string of the molecule is COc1ccccc1NC1CCN([C@@H](C)CN2CCOCC2)CC1. The molecule has 0 radical (unpaired) electrons. The molecule has 2 heterocycles. The highest BCUT2D eigenvalue weighted by Gasteiger charge is 2.24. The lowest BCUT2D eigenvalue weighted by Gasteiger charge is -2.39. The van der Waals surface area contributed by atoms with Gasteiger partial charge in [-0.15, -0.1) is 0 Å². The van der Waals surface area contributed by atoms with Crippen LogP contribution in [-0.2, 0) is 4.74 Å². The summed E-state index contributed by atoms with van der Waals surface area (Å²) in [5, 5.41) is 3.66. The molecule has 0 bridgehead atoms. The first-order chi connectivity index (χ1) is 11.8. The average Bonchev–Trinajstić information content (AvgIpc) is 2.63. The maximum atomic E-state index is 5.44. The number of nitrogens with one attached hydrogen (secondary N) is 1. The number of anilines is 1. The van der Waals surface area contributed by atoms with Crippen LogP contribution in [0.1, 0.15) is 19.8 Å². The minimum atomic E-state index is 0.535. The third-order valence-corrected chi connectivity index (χ3v) is 5.25. The van der Waals surface area contributed by atoms with E-state index in [2.05, 4.69) is 34.2 Å². The number of hydrogen-bond acceptors (Lipinski definition) is 5. The molecule has 1 atom stereocenters. The number of benzene rings is 1. The van der Waals surface area contributed by atoms with Crippen molar-refractivity contribution >= 4 is 5.69 Å². The van der Waals surface area contributed by atoms with Crippen LogP contribution in [0.3, 0.4) is 0 Å². The molecule has 2 saturated heterocycles. The van der Waals surface area contributed by atoms with Gasteiger partial charge in [0.25, 0.3) is 0 Å². The molecule has 1 aromatic rings. The summed E-state index contributed by atoms with van der Waals surface area (Å²) in [7, 11) is 1.73. The van der Waals surface area contributed by atoms with Gasteiger partial charge in [-0.3, -0.25) is 9.80 Å². The van der Waals surface area contributed by atoms with Crippen LogP contribution in [0.2, 0.25) is 0 Å². The Morgan fingerprint density at radius 3 is 2.58 bits per heavy atom. The highest BCUT2D eigenvalue weighted by atomic mass is 16.5. The lowest BCUT2D eigenvalue weighted by Crippen LogP contribution is -2.49. The smallest absolute Gasteiger partial charge is 0.141 e. The molecular formula is C19H31N3O2. The predicted molar refractivity (Wildman–Crippen MR) is 97.9 cm³/mol. The molecule has 3 rings (SSSR count). The van der Waals surface area contributed by atoms with Crippen molar-refractivity contribution in [1.82, 2.24) is 9.80 Å². The largest absolute Gasteiger partial charge is 0.495 e. The van der Waals surface area contributed by atoms with Crippen LogP contribution >= 0.6 is 0 Å². The maximum Gasteiger partial charge on any atom is 0.141 e. The Hall–Kier alpha value is -1.30. The van der Waals surface area contributed by atoms with Gasteiger partial charge in [0.1, 0.15) is 5.75 Å². The molecule has 134 valence electrons. The van der Waals surface area contributed by atoms with Crippen LogP contribution in [0.4, 0.5) is 5.69 Å². The number of hydrogen-bond donors (Lipinski definition) is 1. The maximum absolute atomic E-state index is 5.44. The molecule has 2 aliphatic rings. The zero-order valence-electron chi connectivity index (χ0n) is 15.0. The molecule has 2 aliphatic heterocycles. The normalized spacial score (nSPS) is 22.2. The van der Waals surface area contributed by atoms with Crippen molar-refractivity contribution in [3.05, 3.63) is 24.3 Å². The number of rotatable bonds is 6. The minimum absolute atomic E-state index is 0.535. The molecule has 0 aliphatic carbocycles. The van der Waals surface area contributed by atoms with Gasteiger partial charge in [0, 0.05) is 44.8 Å². The van der Waals surface area contributed by atoms with Gasteiger partial charge in [0.15, 0.2) is 0 Å². The first-order valence-corrected chi connectivity index (χ1v) is 9.20. The number of methoxy groups -OCH3 is 1. The Labute approximate surface area is 145 Å². The van der Waals surface area contributed by atoms with Gasteiger partial charge in [-0.2, -0.15) is 0 Å². The van der Waals surface area contributed by atoms with Gasteiger partial charge in [0.05, 0.1) is 26.0 Å². The fourth-order valence-corrected chi connectivity index (χ4v) is 3.74. The van der Waals surface area contributed by atoms with Crippen molar-refractivity contribution in [3.63, 3.8) is 0 Å². The van der Waals surface area contributed by atoms with Gasteiger partial charge in [0.2, 0.25) is 0 Å². The summed E-state index contributed by atoms with van der Waals surface area (Å²) in [4.78, 5) is 5.17. The molecule has 0 spiro atoms. The van der Waals surface area contributed by atoms with Crippen molar-refractivity contribution in [2.75, 3.05) is 58.4 Å². The number of piperidine rings is 1. The van der Waals surface area contributed by atoms with Gasteiger partial charge in [-0.1, -0.05) is 12.1 Å². The van der Waals surface area contributed by atoms with Gasteiger partial charge in [-0.25, -0.2) is 0 Å². The van der Waals surface area contributed by atoms with Crippen molar-refractivity contribution in [3.8, 4) is 5.75 Å². The molecule has 5 nitrogen and oxygen atoms in total. The molecule has 1 aromatic carbocycles. The average molecular weight is 333 g/mol. The number of para-hydroxylation sites is 2. The van der Waals surface area contributed by atoms with Gasteiger partial charge >= 0.3 is 0 Å². The number of morpholine rings is 1. The summed E-state index contributed by atoms with van der Waals surface area (Å²) in [6, 6.07) is 9.35. The summed E-state index contributed by atoms with van der Waals surface area (Å²) in [5.74, 6) is 0.931. The Balaban J connectivity index is 1.45. The second-order valence-electron chi connectivity index (χ2n) is 6.92. The standard InChI is InChI=1S/C19H31N3O2/c1-16(15-21-11-13-24-14-12-21)22-9-7-17(8-10-22)20-18-5-3-4-6-19(18)23-2/h3-6,16-17,20H,7-15H2,1-2H3/t16-/m0/s1. The number of nitrogens with zero attached hydrogens (tertiary/aromatic N) is 2. The highest BCUT2D eigenvalue weighted by Crippen LogP contribution is 2.26. The Bertz CT molecular complexity index is 497. The molecule has 0 amide bonds. The second-order valence-corrected chi connectivity index (χ2v) is 6.92. The quantitative estimate of drug-likeness (QED) is 0.864. The monoisotopic (exact) mass is 333 g/mol. The molecule has 0 saturated carbocycles.